The minimum atomic E-state index is -0.0665. The number of aryl methyl sites for hydroxylation is 3. The Morgan fingerprint density at radius 3 is 2.95 bits per heavy atom. The number of nitrogens with zero attached hydrogens (tertiary/aromatic N) is 4. The molecule has 0 atom stereocenters. The van der Waals surface area contributed by atoms with Crippen LogP contribution in [0.15, 0.2) is 10.5 Å². The SMILES string of the molecule is COCCNC(=O)CCc1nnc(-c2cc(C)nn2C)o1. The fraction of sp³-hybridized carbons (Fsp3) is 0.538. The lowest BCUT2D eigenvalue weighted by Gasteiger charge is -2.02. The number of aromatic nitrogens is 4. The molecule has 0 spiro atoms. The highest BCUT2D eigenvalue weighted by Crippen LogP contribution is 2.18. The predicted molar refractivity (Wildman–Crippen MR) is 74.4 cm³/mol. The van der Waals surface area contributed by atoms with E-state index in [1.165, 1.54) is 0 Å². The minimum absolute atomic E-state index is 0.0665. The molecule has 0 saturated heterocycles. The second-order valence-electron chi connectivity index (χ2n) is 4.64. The van der Waals surface area contributed by atoms with Gasteiger partial charge in [0.05, 0.1) is 12.3 Å². The first-order valence-electron chi connectivity index (χ1n) is 6.69. The van der Waals surface area contributed by atoms with E-state index in [9.17, 15) is 4.79 Å². The van der Waals surface area contributed by atoms with Gasteiger partial charge in [-0.25, -0.2) is 0 Å². The normalized spacial score (nSPS) is 10.8. The number of methoxy groups -OCH3 is 1. The highest BCUT2D eigenvalue weighted by Gasteiger charge is 2.14. The molecule has 0 fully saturated rings. The summed E-state index contributed by atoms with van der Waals surface area (Å²) in [6, 6.07) is 1.87. The summed E-state index contributed by atoms with van der Waals surface area (Å²) in [6.45, 7) is 2.89. The Morgan fingerprint density at radius 1 is 1.48 bits per heavy atom. The van der Waals surface area contributed by atoms with E-state index in [2.05, 4.69) is 20.6 Å². The van der Waals surface area contributed by atoms with Crippen LogP contribution in [0.1, 0.15) is 18.0 Å². The van der Waals surface area contributed by atoms with E-state index >= 15 is 0 Å². The van der Waals surface area contributed by atoms with Crippen LogP contribution in [0.4, 0.5) is 0 Å². The number of hydrogen-bond acceptors (Lipinski definition) is 6. The van der Waals surface area contributed by atoms with Gasteiger partial charge in [0.2, 0.25) is 11.8 Å². The standard InChI is InChI=1S/C13H19N5O3/c1-9-8-10(18(2)17-9)13-16-15-12(21-13)5-4-11(19)14-6-7-20-3/h8H,4-7H2,1-3H3,(H,14,19). The van der Waals surface area contributed by atoms with Gasteiger partial charge in [-0.2, -0.15) is 5.10 Å². The molecule has 0 radical (unpaired) electrons. The van der Waals surface area contributed by atoms with E-state index in [0.29, 0.717) is 37.8 Å². The van der Waals surface area contributed by atoms with Crippen LogP contribution >= 0.6 is 0 Å². The molecular formula is C13H19N5O3. The van der Waals surface area contributed by atoms with Crippen molar-refractivity contribution in [2.45, 2.75) is 19.8 Å². The Kier molecular flexibility index (Phi) is 5.04. The molecule has 21 heavy (non-hydrogen) atoms. The fourth-order valence-corrected chi connectivity index (χ4v) is 1.87. The quantitative estimate of drug-likeness (QED) is 0.746. The molecule has 2 heterocycles. The summed E-state index contributed by atoms with van der Waals surface area (Å²) in [6.07, 6.45) is 0.707. The van der Waals surface area contributed by atoms with Crippen LogP contribution in [-0.4, -0.2) is 46.1 Å². The lowest BCUT2D eigenvalue weighted by molar-refractivity contribution is -0.121. The van der Waals surface area contributed by atoms with Crippen molar-refractivity contribution in [3.05, 3.63) is 17.7 Å². The van der Waals surface area contributed by atoms with E-state index in [0.717, 1.165) is 11.4 Å². The van der Waals surface area contributed by atoms with Crippen molar-refractivity contribution in [3.63, 3.8) is 0 Å². The highest BCUT2D eigenvalue weighted by molar-refractivity contribution is 5.75. The molecule has 0 unspecified atom stereocenters. The minimum Gasteiger partial charge on any atom is -0.419 e. The number of ether oxygens (including phenoxy) is 1. The van der Waals surface area contributed by atoms with Crippen molar-refractivity contribution in [1.82, 2.24) is 25.3 Å². The average molecular weight is 293 g/mol. The third-order valence-corrected chi connectivity index (χ3v) is 2.88. The molecular weight excluding hydrogens is 274 g/mol. The Bertz CT molecular complexity index is 605. The van der Waals surface area contributed by atoms with Crippen LogP contribution in [0.25, 0.3) is 11.6 Å². The van der Waals surface area contributed by atoms with Gasteiger partial charge in [0.25, 0.3) is 5.89 Å². The van der Waals surface area contributed by atoms with E-state index < -0.39 is 0 Å². The van der Waals surface area contributed by atoms with Crippen LogP contribution in [0.5, 0.6) is 0 Å². The topological polar surface area (TPSA) is 95.1 Å². The number of carbonyl (C=O) groups is 1. The molecule has 2 aromatic heterocycles. The molecule has 8 nitrogen and oxygen atoms in total. The zero-order valence-electron chi connectivity index (χ0n) is 12.4. The summed E-state index contributed by atoms with van der Waals surface area (Å²) >= 11 is 0. The molecule has 0 aliphatic heterocycles. The van der Waals surface area contributed by atoms with Crippen LogP contribution in [0.2, 0.25) is 0 Å². The van der Waals surface area contributed by atoms with E-state index in [4.69, 9.17) is 9.15 Å². The summed E-state index contributed by atoms with van der Waals surface area (Å²) in [7, 11) is 3.40. The molecule has 0 bridgehead atoms. The molecule has 2 rings (SSSR count). The number of rotatable bonds is 7. The van der Waals surface area contributed by atoms with Crippen LogP contribution in [0, 0.1) is 6.92 Å². The number of hydrogen-bond donors (Lipinski definition) is 1. The molecule has 1 amide bonds. The fourth-order valence-electron chi connectivity index (χ4n) is 1.87. The van der Waals surface area contributed by atoms with Gasteiger partial charge < -0.3 is 14.5 Å². The summed E-state index contributed by atoms with van der Waals surface area (Å²) in [4.78, 5) is 11.6. The predicted octanol–water partition coefficient (Wildman–Crippen LogP) is 0.474. The summed E-state index contributed by atoms with van der Waals surface area (Å²) in [5, 5.41) is 14.9. The maximum atomic E-state index is 11.6. The second-order valence-corrected chi connectivity index (χ2v) is 4.64. The maximum Gasteiger partial charge on any atom is 0.265 e. The first-order valence-corrected chi connectivity index (χ1v) is 6.69. The van der Waals surface area contributed by atoms with Gasteiger partial charge in [-0.3, -0.25) is 9.48 Å². The lowest BCUT2D eigenvalue weighted by Crippen LogP contribution is -2.27. The van der Waals surface area contributed by atoms with Gasteiger partial charge in [0.1, 0.15) is 5.69 Å². The third-order valence-electron chi connectivity index (χ3n) is 2.88. The molecule has 114 valence electrons. The van der Waals surface area contributed by atoms with Crippen LogP contribution < -0.4 is 5.32 Å². The number of nitrogens with one attached hydrogen (secondary N) is 1. The summed E-state index contributed by atoms with van der Waals surface area (Å²) in [5.41, 5.74) is 1.64. The van der Waals surface area contributed by atoms with Gasteiger partial charge in [0, 0.05) is 33.5 Å². The van der Waals surface area contributed by atoms with Crippen molar-refractivity contribution < 1.29 is 13.9 Å². The lowest BCUT2D eigenvalue weighted by atomic mass is 10.3. The summed E-state index contributed by atoms with van der Waals surface area (Å²) in [5.74, 6) is 0.779. The average Bonchev–Trinajstić information content (AvgIpc) is 3.03. The number of amides is 1. The van der Waals surface area contributed by atoms with Crippen LogP contribution in [-0.2, 0) is 23.0 Å². The molecule has 0 aromatic carbocycles. The first-order chi connectivity index (χ1) is 10.1. The summed E-state index contributed by atoms with van der Waals surface area (Å²) < 4.78 is 12.1. The van der Waals surface area contributed by atoms with E-state index in [1.807, 2.05) is 20.0 Å². The van der Waals surface area contributed by atoms with Crippen LogP contribution in [0.3, 0.4) is 0 Å². The first kappa shape index (κ1) is 15.2. The van der Waals surface area contributed by atoms with Crippen molar-refractivity contribution in [1.29, 1.82) is 0 Å². The van der Waals surface area contributed by atoms with Crippen molar-refractivity contribution in [3.8, 4) is 11.6 Å². The van der Waals surface area contributed by atoms with Crippen molar-refractivity contribution in [2.24, 2.45) is 7.05 Å². The van der Waals surface area contributed by atoms with E-state index in [1.54, 1.807) is 11.8 Å². The molecule has 0 aliphatic rings. The highest BCUT2D eigenvalue weighted by atomic mass is 16.5. The van der Waals surface area contributed by atoms with Gasteiger partial charge in [-0.05, 0) is 13.0 Å². The molecule has 8 heteroatoms. The van der Waals surface area contributed by atoms with Gasteiger partial charge in [0.15, 0.2) is 0 Å². The zero-order valence-corrected chi connectivity index (χ0v) is 12.4. The Hall–Kier alpha value is -2.22. The number of carbonyl (C=O) groups excluding carboxylic acids is 1. The van der Waals surface area contributed by atoms with Crippen molar-refractivity contribution >= 4 is 5.91 Å². The van der Waals surface area contributed by atoms with Gasteiger partial charge in [-0.1, -0.05) is 0 Å². The molecule has 2 aromatic rings. The largest absolute Gasteiger partial charge is 0.419 e. The molecule has 1 N–H and O–H groups in total. The Balaban J connectivity index is 1.89. The van der Waals surface area contributed by atoms with Gasteiger partial charge in [-0.15, -0.1) is 10.2 Å². The second kappa shape index (κ2) is 6.98. The smallest absolute Gasteiger partial charge is 0.265 e. The monoisotopic (exact) mass is 293 g/mol. The Morgan fingerprint density at radius 2 is 2.29 bits per heavy atom. The third kappa shape index (κ3) is 4.12. The van der Waals surface area contributed by atoms with Gasteiger partial charge >= 0.3 is 0 Å². The Labute approximate surface area is 122 Å². The van der Waals surface area contributed by atoms with E-state index in [-0.39, 0.29) is 5.91 Å². The molecule has 0 saturated carbocycles. The maximum absolute atomic E-state index is 11.6. The zero-order chi connectivity index (χ0) is 15.2. The van der Waals surface area contributed by atoms with Crippen molar-refractivity contribution in [2.75, 3.05) is 20.3 Å². The molecule has 0 aliphatic carbocycles.